The van der Waals surface area contributed by atoms with Gasteiger partial charge in [-0.25, -0.2) is 8.42 Å². The van der Waals surface area contributed by atoms with Crippen LogP contribution in [-0.4, -0.2) is 26.9 Å². The molecule has 0 N–H and O–H groups in total. The molecule has 1 rings (SSSR count). The molecule has 0 radical (unpaired) electrons. The minimum Gasteiger partial charge on any atom is -0.490 e. The summed E-state index contributed by atoms with van der Waals surface area (Å²) in [5.74, 6) is -1.35. The monoisotopic (exact) mass is 417 g/mol. The van der Waals surface area contributed by atoms with Gasteiger partial charge in [0.15, 0.2) is 10.8 Å². The van der Waals surface area contributed by atoms with Gasteiger partial charge in [-0.15, -0.1) is 13.2 Å². The number of methoxy groups -OCH3 is 1. The Labute approximate surface area is 118 Å². The van der Waals surface area contributed by atoms with Crippen LogP contribution in [0.2, 0.25) is 0 Å². The van der Waals surface area contributed by atoms with E-state index in [4.69, 9.17) is 10.7 Å². The summed E-state index contributed by atoms with van der Waals surface area (Å²) in [4.78, 5) is 3.17. The molecule has 0 spiro atoms. The summed E-state index contributed by atoms with van der Waals surface area (Å²) >= 11 is 1.57. The van der Waals surface area contributed by atoms with E-state index < -0.39 is 26.3 Å². The topological polar surface area (TPSA) is 65.5 Å². The second-order valence-corrected chi connectivity index (χ2v) is 6.44. The lowest BCUT2D eigenvalue weighted by Crippen LogP contribution is -2.19. The first kappa shape index (κ1) is 15.6. The van der Waals surface area contributed by atoms with E-state index in [1.165, 1.54) is 0 Å². The number of ether oxygens (including phenoxy) is 2. The van der Waals surface area contributed by atoms with Crippen LogP contribution in [0.3, 0.4) is 0 Å². The molecule has 0 aromatic carbocycles. The molecule has 1 aromatic heterocycles. The van der Waals surface area contributed by atoms with Gasteiger partial charge in [-0.2, -0.15) is 4.98 Å². The normalized spacial score (nSPS) is 12.3. The summed E-state index contributed by atoms with van der Waals surface area (Å²) in [5, 5.41) is -0.756. The average Bonchev–Trinajstić information content (AvgIpc) is 2.13. The van der Waals surface area contributed by atoms with E-state index in [1.807, 2.05) is 0 Å². The maximum absolute atomic E-state index is 12.1. The van der Waals surface area contributed by atoms with Gasteiger partial charge in [0.05, 0.1) is 10.7 Å². The van der Waals surface area contributed by atoms with Crippen LogP contribution in [0.1, 0.15) is 0 Å². The molecule has 102 valence electrons. The van der Waals surface area contributed by atoms with E-state index in [2.05, 4.69) is 14.5 Å². The lowest BCUT2D eigenvalue weighted by atomic mass is 10.4. The highest BCUT2D eigenvalue weighted by molar-refractivity contribution is 14.1. The Kier molecular flexibility index (Phi) is 4.54. The number of rotatable bonds is 3. The Bertz CT molecular complexity index is 563. The van der Waals surface area contributed by atoms with Crippen molar-refractivity contribution in [2.45, 2.75) is 11.4 Å². The molecule has 0 amide bonds. The highest BCUT2D eigenvalue weighted by Crippen LogP contribution is 2.36. The highest BCUT2D eigenvalue weighted by atomic mass is 127. The maximum Gasteiger partial charge on any atom is 0.574 e. The van der Waals surface area contributed by atoms with Crippen LogP contribution in [0.4, 0.5) is 13.2 Å². The van der Waals surface area contributed by atoms with Crippen molar-refractivity contribution in [3.63, 3.8) is 0 Å². The van der Waals surface area contributed by atoms with Crippen molar-refractivity contribution in [2.75, 3.05) is 7.11 Å². The predicted molar refractivity (Wildman–Crippen MR) is 63.2 cm³/mol. The van der Waals surface area contributed by atoms with Gasteiger partial charge in [0.1, 0.15) is 0 Å². The summed E-state index contributed by atoms with van der Waals surface area (Å²) in [5.41, 5.74) is 0. The smallest absolute Gasteiger partial charge is 0.490 e. The number of aromatic nitrogens is 1. The van der Waals surface area contributed by atoms with Crippen LogP contribution >= 0.6 is 33.3 Å². The molecule has 0 atom stereocenters. The molecule has 18 heavy (non-hydrogen) atoms. The number of pyridine rings is 1. The molecular weight excluding hydrogens is 413 g/mol. The van der Waals surface area contributed by atoms with Gasteiger partial charge in [-0.05, 0) is 28.7 Å². The third-order valence-corrected chi connectivity index (χ3v) is 3.52. The summed E-state index contributed by atoms with van der Waals surface area (Å²) in [6, 6.07) is 0.963. The number of alkyl halides is 3. The summed E-state index contributed by atoms with van der Waals surface area (Å²) in [7, 11) is 1.82. The molecule has 0 fully saturated rings. The third kappa shape index (κ3) is 4.02. The van der Waals surface area contributed by atoms with Gasteiger partial charge in [0.2, 0.25) is 0 Å². The lowest BCUT2D eigenvalue weighted by Gasteiger charge is -2.13. The lowest BCUT2D eigenvalue weighted by molar-refractivity contribution is -0.276. The molecule has 5 nitrogen and oxygen atoms in total. The third-order valence-electron chi connectivity index (χ3n) is 1.54. The van der Waals surface area contributed by atoms with E-state index in [-0.39, 0.29) is 9.32 Å². The fraction of sp³-hybridized carbons (Fsp3) is 0.286. The first-order chi connectivity index (χ1) is 8.04. The van der Waals surface area contributed by atoms with Crippen molar-refractivity contribution in [2.24, 2.45) is 0 Å². The van der Waals surface area contributed by atoms with Crippen molar-refractivity contribution < 1.29 is 31.1 Å². The molecule has 0 aliphatic heterocycles. The van der Waals surface area contributed by atoms with E-state index in [9.17, 15) is 21.6 Å². The quantitative estimate of drug-likeness (QED) is 0.559. The number of nitrogens with zero attached hydrogens (tertiary/aromatic N) is 1. The van der Waals surface area contributed by atoms with Crippen LogP contribution < -0.4 is 9.47 Å². The van der Waals surface area contributed by atoms with Crippen molar-refractivity contribution in [1.82, 2.24) is 4.98 Å². The Hall–Kier alpha value is -0.490. The van der Waals surface area contributed by atoms with Crippen LogP contribution in [0.5, 0.6) is 11.6 Å². The van der Waals surface area contributed by atoms with Gasteiger partial charge in [-0.3, -0.25) is 0 Å². The fourth-order valence-electron chi connectivity index (χ4n) is 0.948. The fourth-order valence-corrected chi connectivity index (χ4v) is 2.59. The first-order valence-corrected chi connectivity index (χ1v) is 7.38. The van der Waals surface area contributed by atoms with Crippen LogP contribution in [-0.2, 0) is 9.05 Å². The summed E-state index contributed by atoms with van der Waals surface area (Å²) < 4.78 is 66.7. The molecule has 0 unspecified atom stereocenters. The Balaban J connectivity index is 3.42. The summed E-state index contributed by atoms with van der Waals surface area (Å²) in [6.45, 7) is 0. The standard InChI is InChI=1S/C7H4ClF3INO4S/c1-16-5-3(12)2-4(18(8,14)15)13-6(5)17-7(9,10)11/h2H,1H3. The summed E-state index contributed by atoms with van der Waals surface area (Å²) in [6.07, 6.45) is -5.03. The highest BCUT2D eigenvalue weighted by Gasteiger charge is 2.34. The minimum atomic E-state index is -5.03. The number of hydrogen-bond donors (Lipinski definition) is 0. The van der Waals surface area contributed by atoms with Crippen LogP contribution in [0.15, 0.2) is 11.1 Å². The van der Waals surface area contributed by atoms with E-state index in [0.29, 0.717) is 0 Å². The molecule has 0 saturated heterocycles. The van der Waals surface area contributed by atoms with E-state index >= 15 is 0 Å². The van der Waals surface area contributed by atoms with Crippen LogP contribution in [0.25, 0.3) is 0 Å². The van der Waals surface area contributed by atoms with Gasteiger partial charge in [-0.1, -0.05) is 0 Å². The van der Waals surface area contributed by atoms with Gasteiger partial charge < -0.3 is 9.47 Å². The Morgan fingerprint density at radius 1 is 1.44 bits per heavy atom. The SMILES string of the molecule is COc1c(I)cc(S(=O)(=O)Cl)nc1OC(F)(F)F. The van der Waals surface area contributed by atoms with Crippen molar-refractivity contribution in [3.05, 3.63) is 9.64 Å². The largest absolute Gasteiger partial charge is 0.574 e. The Morgan fingerprint density at radius 3 is 2.39 bits per heavy atom. The zero-order chi connectivity index (χ0) is 14.1. The van der Waals surface area contributed by atoms with E-state index in [1.54, 1.807) is 22.6 Å². The Morgan fingerprint density at radius 2 is 2.00 bits per heavy atom. The molecule has 0 aliphatic rings. The molecule has 0 saturated carbocycles. The molecule has 1 heterocycles. The number of halogens is 5. The van der Waals surface area contributed by atoms with Crippen molar-refractivity contribution in [1.29, 1.82) is 0 Å². The minimum absolute atomic E-state index is 0.0589. The van der Waals surface area contributed by atoms with Crippen molar-refractivity contribution in [3.8, 4) is 11.6 Å². The molecule has 0 bridgehead atoms. The predicted octanol–water partition coefficient (Wildman–Crippen LogP) is 2.52. The number of hydrogen-bond acceptors (Lipinski definition) is 5. The van der Waals surface area contributed by atoms with Gasteiger partial charge in [0.25, 0.3) is 14.9 Å². The molecule has 11 heteroatoms. The zero-order valence-electron chi connectivity index (χ0n) is 8.46. The first-order valence-electron chi connectivity index (χ1n) is 3.99. The van der Waals surface area contributed by atoms with Crippen LogP contribution in [0, 0.1) is 3.57 Å². The zero-order valence-corrected chi connectivity index (χ0v) is 12.2. The van der Waals surface area contributed by atoms with E-state index in [0.717, 1.165) is 13.2 Å². The van der Waals surface area contributed by atoms with Crippen molar-refractivity contribution >= 4 is 42.3 Å². The maximum atomic E-state index is 12.1. The second kappa shape index (κ2) is 5.25. The second-order valence-electron chi connectivity index (χ2n) is 2.77. The van der Waals surface area contributed by atoms with Gasteiger partial charge >= 0.3 is 6.36 Å². The molecular formula is C7H4ClF3INO4S. The van der Waals surface area contributed by atoms with Gasteiger partial charge in [0, 0.05) is 10.7 Å². The average molecular weight is 418 g/mol. The molecule has 0 aliphatic carbocycles. The molecule has 1 aromatic rings.